The van der Waals surface area contributed by atoms with Crippen LogP contribution in [0.5, 0.6) is 0 Å². The molecule has 1 aliphatic heterocycles. The molecule has 1 saturated heterocycles. The maximum absolute atomic E-state index is 11.4. The van der Waals surface area contributed by atoms with E-state index in [9.17, 15) is 4.79 Å². The topological polar surface area (TPSA) is 68.2 Å². The van der Waals surface area contributed by atoms with Gasteiger partial charge in [0.15, 0.2) is 0 Å². The molecule has 5 nitrogen and oxygen atoms in total. The summed E-state index contributed by atoms with van der Waals surface area (Å²) in [5, 5.41) is 15.0. The molecular weight excluding hydrogens is 332 g/mol. The fraction of sp³-hybridized carbons (Fsp3) is 0.467. The predicted molar refractivity (Wildman–Crippen MR) is 86.0 cm³/mol. The Balaban J connectivity index is 1.86. The number of carbonyl (C=O) groups excluding carboxylic acids is 1. The Morgan fingerprint density at radius 3 is 2.76 bits per heavy atom. The highest BCUT2D eigenvalue weighted by Crippen LogP contribution is 2.26. The zero-order chi connectivity index (χ0) is 15.2. The zero-order valence-corrected chi connectivity index (χ0v) is 13.6. The van der Waals surface area contributed by atoms with Gasteiger partial charge in [0.25, 0.3) is 0 Å². The van der Waals surface area contributed by atoms with Crippen LogP contribution >= 0.6 is 15.9 Å². The minimum absolute atomic E-state index is 0.0660. The number of hydrogen-bond acceptors (Lipinski definition) is 4. The highest BCUT2D eigenvalue weighted by Gasteiger charge is 2.20. The highest BCUT2D eigenvalue weighted by molar-refractivity contribution is 9.10. The number of carbonyl (C=O) groups is 1. The molecule has 1 aliphatic rings. The van der Waals surface area contributed by atoms with E-state index in [0.717, 1.165) is 36.1 Å². The Morgan fingerprint density at radius 1 is 1.48 bits per heavy atom. The third-order valence-corrected chi connectivity index (χ3v) is 4.35. The van der Waals surface area contributed by atoms with Crippen LogP contribution in [0.4, 0.5) is 5.69 Å². The number of benzene rings is 1. The Kier molecular flexibility index (Phi) is 5.59. The molecule has 0 atom stereocenters. The average molecular weight is 351 g/mol. The summed E-state index contributed by atoms with van der Waals surface area (Å²) in [6.45, 7) is 2.31. The molecule has 6 heteroatoms. The number of nitrogens with one attached hydrogen (secondary N) is 2. The molecule has 1 aromatic rings. The number of nitriles is 1. The van der Waals surface area contributed by atoms with E-state index in [1.165, 1.54) is 0 Å². The number of rotatable bonds is 4. The van der Waals surface area contributed by atoms with E-state index in [4.69, 9.17) is 5.26 Å². The van der Waals surface area contributed by atoms with Crippen molar-refractivity contribution in [3.63, 3.8) is 0 Å². The number of likely N-dealkylation sites (tertiary alicyclic amines) is 1. The summed E-state index contributed by atoms with van der Waals surface area (Å²) in [4.78, 5) is 13.5. The Bertz CT molecular complexity index is 547. The molecular formula is C15H19BrN4O. The number of anilines is 1. The summed E-state index contributed by atoms with van der Waals surface area (Å²) in [5.41, 5.74) is 1.66. The van der Waals surface area contributed by atoms with Crippen LogP contribution in [0.3, 0.4) is 0 Å². The van der Waals surface area contributed by atoms with E-state index in [1.807, 2.05) is 18.2 Å². The molecule has 1 amide bonds. The first-order chi connectivity index (χ1) is 10.1. The van der Waals surface area contributed by atoms with Crippen molar-refractivity contribution in [3.05, 3.63) is 28.2 Å². The second kappa shape index (κ2) is 7.43. The lowest BCUT2D eigenvalue weighted by atomic mass is 10.0. The van der Waals surface area contributed by atoms with E-state index in [1.54, 1.807) is 7.05 Å². The van der Waals surface area contributed by atoms with Gasteiger partial charge in [-0.05, 0) is 47.0 Å². The van der Waals surface area contributed by atoms with E-state index < -0.39 is 0 Å². The molecule has 112 valence electrons. The van der Waals surface area contributed by atoms with Crippen molar-refractivity contribution in [3.8, 4) is 6.07 Å². The molecule has 2 N–H and O–H groups in total. The number of nitrogens with zero attached hydrogens (tertiary/aromatic N) is 2. The van der Waals surface area contributed by atoms with Crippen molar-refractivity contribution in [2.45, 2.75) is 18.9 Å². The lowest BCUT2D eigenvalue weighted by Crippen LogP contribution is -2.43. The lowest BCUT2D eigenvalue weighted by molar-refractivity contribution is -0.122. The molecule has 0 spiro atoms. The van der Waals surface area contributed by atoms with Gasteiger partial charge in [-0.1, -0.05) is 0 Å². The normalized spacial score (nSPS) is 16.2. The van der Waals surface area contributed by atoms with E-state index in [-0.39, 0.29) is 5.91 Å². The number of piperidine rings is 1. The van der Waals surface area contributed by atoms with Crippen LogP contribution in [0.2, 0.25) is 0 Å². The fourth-order valence-corrected chi connectivity index (χ4v) is 2.93. The van der Waals surface area contributed by atoms with Gasteiger partial charge in [-0.3, -0.25) is 9.69 Å². The molecule has 0 unspecified atom stereocenters. The zero-order valence-electron chi connectivity index (χ0n) is 12.0. The third-order valence-electron chi connectivity index (χ3n) is 3.69. The first-order valence-corrected chi connectivity index (χ1v) is 7.81. The fourth-order valence-electron chi connectivity index (χ4n) is 2.44. The monoisotopic (exact) mass is 350 g/mol. The Morgan fingerprint density at radius 2 is 2.19 bits per heavy atom. The molecule has 1 fully saturated rings. The first kappa shape index (κ1) is 15.8. The van der Waals surface area contributed by atoms with Crippen LogP contribution < -0.4 is 10.6 Å². The van der Waals surface area contributed by atoms with Crippen LogP contribution in [0.1, 0.15) is 18.4 Å². The van der Waals surface area contributed by atoms with Crippen LogP contribution in [0.15, 0.2) is 22.7 Å². The van der Waals surface area contributed by atoms with Crippen molar-refractivity contribution in [2.24, 2.45) is 0 Å². The van der Waals surface area contributed by atoms with Gasteiger partial charge < -0.3 is 10.6 Å². The molecule has 0 aromatic heterocycles. The summed E-state index contributed by atoms with van der Waals surface area (Å²) in [6.07, 6.45) is 2.01. The van der Waals surface area contributed by atoms with E-state index >= 15 is 0 Å². The van der Waals surface area contributed by atoms with Gasteiger partial charge in [-0.25, -0.2) is 0 Å². The second-order valence-electron chi connectivity index (χ2n) is 5.17. The second-order valence-corrected chi connectivity index (χ2v) is 6.03. The van der Waals surface area contributed by atoms with Crippen molar-refractivity contribution in [1.29, 1.82) is 5.26 Å². The molecule has 1 heterocycles. The summed E-state index contributed by atoms with van der Waals surface area (Å²) < 4.78 is 0.911. The smallest absolute Gasteiger partial charge is 0.233 e. The first-order valence-electron chi connectivity index (χ1n) is 7.01. The predicted octanol–water partition coefficient (Wildman–Crippen LogP) is 1.94. The highest BCUT2D eigenvalue weighted by atomic mass is 79.9. The van der Waals surface area contributed by atoms with Gasteiger partial charge in [0, 0.05) is 36.3 Å². The number of likely N-dealkylation sites (N-methyl/N-ethyl adjacent to an activating group) is 1. The SMILES string of the molecule is CNC(=O)CN1CCC(Nc2ccc(C#N)cc2Br)CC1. The summed E-state index contributed by atoms with van der Waals surface area (Å²) in [5.74, 6) is 0.0660. The van der Waals surface area contributed by atoms with Crippen molar-refractivity contribution < 1.29 is 4.79 Å². The molecule has 0 radical (unpaired) electrons. The van der Waals surface area contributed by atoms with Crippen molar-refractivity contribution in [1.82, 2.24) is 10.2 Å². The van der Waals surface area contributed by atoms with Crippen molar-refractivity contribution >= 4 is 27.5 Å². The van der Waals surface area contributed by atoms with Gasteiger partial charge >= 0.3 is 0 Å². The minimum atomic E-state index is 0.0660. The van der Waals surface area contributed by atoms with Gasteiger partial charge in [0.05, 0.1) is 18.2 Å². The van der Waals surface area contributed by atoms with Gasteiger partial charge in [0.2, 0.25) is 5.91 Å². The molecule has 0 bridgehead atoms. The maximum atomic E-state index is 11.4. The largest absolute Gasteiger partial charge is 0.381 e. The van der Waals surface area contributed by atoms with Gasteiger partial charge in [-0.15, -0.1) is 0 Å². The van der Waals surface area contributed by atoms with Crippen LogP contribution in [0, 0.1) is 11.3 Å². The number of amides is 1. The van der Waals surface area contributed by atoms with Gasteiger partial charge in [0.1, 0.15) is 0 Å². The quantitative estimate of drug-likeness (QED) is 0.870. The number of halogens is 1. The van der Waals surface area contributed by atoms with Gasteiger partial charge in [-0.2, -0.15) is 5.26 Å². The summed E-state index contributed by atoms with van der Waals surface area (Å²) in [6, 6.07) is 8.09. The summed E-state index contributed by atoms with van der Waals surface area (Å²) in [7, 11) is 1.67. The van der Waals surface area contributed by atoms with E-state index in [2.05, 4.69) is 37.5 Å². The summed E-state index contributed by atoms with van der Waals surface area (Å²) >= 11 is 3.49. The van der Waals surface area contributed by atoms with Crippen LogP contribution in [0.25, 0.3) is 0 Å². The maximum Gasteiger partial charge on any atom is 0.233 e. The lowest BCUT2D eigenvalue weighted by Gasteiger charge is -2.32. The Labute approximate surface area is 133 Å². The molecule has 1 aromatic carbocycles. The molecule has 2 rings (SSSR count). The average Bonchev–Trinajstić information content (AvgIpc) is 2.51. The molecule has 21 heavy (non-hydrogen) atoms. The Hall–Kier alpha value is -1.58. The number of hydrogen-bond donors (Lipinski definition) is 2. The van der Waals surface area contributed by atoms with Crippen LogP contribution in [-0.2, 0) is 4.79 Å². The third kappa shape index (κ3) is 4.45. The van der Waals surface area contributed by atoms with Crippen LogP contribution in [-0.4, -0.2) is 43.5 Å². The molecule has 0 saturated carbocycles. The standard InChI is InChI=1S/C15H19BrN4O/c1-18-15(21)10-20-6-4-12(5-7-20)19-14-3-2-11(9-17)8-13(14)16/h2-3,8,12,19H,4-7,10H2,1H3,(H,18,21). The minimum Gasteiger partial charge on any atom is -0.381 e. The molecule has 0 aliphatic carbocycles. The van der Waals surface area contributed by atoms with E-state index in [0.29, 0.717) is 18.2 Å². The van der Waals surface area contributed by atoms with Crippen molar-refractivity contribution in [2.75, 3.05) is 32.0 Å².